The molecule has 0 saturated heterocycles. The number of unbranched alkanes of at least 4 members (excludes halogenated alkanes) is 15. The minimum absolute atomic E-state index is 0.116. The average molecular weight is 535 g/mol. The molecule has 1 aromatic carbocycles. The van der Waals surface area contributed by atoms with Crippen LogP contribution < -0.4 is 0 Å². The van der Waals surface area contributed by atoms with Gasteiger partial charge in [-0.3, -0.25) is 0 Å². The fourth-order valence-corrected chi connectivity index (χ4v) is 5.08. The van der Waals surface area contributed by atoms with Gasteiger partial charge in [-0.1, -0.05) is 142 Å². The maximum atomic E-state index is 11.8. The van der Waals surface area contributed by atoms with E-state index in [4.69, 9.17) is 5.11 Å². The second-order valence-electron chi connectivity index (χ2n) is 10.8. The van der Waals surface area contributed by atoms with Gasteiger partial charge in [0, 0.05) is 0 Å². The number of aromatic carboxylic acids is 1. The highest BCUT2D eigenvalue weighted by atomic mass is 16.4. The lowest BCUT2D eigenvalue weighted by atomic mass is 9.78. The highest BCUT2D eigenvalue weighted by Gasteiger charge is 2.42. The normalized spacial score (nSPS) is 13.3. The van der Waals surface area contributed by atoms with Crippen molar-refractivity contribution in [1.29, 1.82) is 0 Å². The number of hydrogen-bond acceptors (Lipinski definition) is 3. The van der Waals surface area contributed by atoms with Crippen LogP contribution in [0.5, 0.6) is 0 Å². The van der Waals surface area contributed by atoms with Crippen molar-refractivity contribution in [1.82, 2.24) is 0 Å². The summed E-state index contributed by atoms with van der Waals surface area (Å²) in [5.41, 5.74) is -1.20. The molecule has 0 aliphatic carbocycles. The summed E-state index contributed by atoms with van der Waals surface area (Å²) in [7, 11) is 0. The van der Waals surface area contributed by atoms with E-state index < -0.39 is 17.5 Å². The summed E-state index contributed by atoms with van der Waals surface area (Å²) in [6, 6.07) is 8.30. The zero-order valence-electron chi connectivity index (χ0n) is 24.8. The fourth-order valence-electron chi connectivity index (χ4n) is 5.08. The minimum atomic E-state index is -1.53. The van der Waals surface area contributed by atoms with E-state index in [-0.39, 0.29) is 5.92 Å². The summed E-state index contributed by atoms with van der Waals surface area (Å²) >= 11 is 0. The van der Waals surface area contributed by atoms with Gasteiger partial charge < -0.3 is 15.3 Å². The predicted octanol–water partition coefficient (Wildman–Crippen LogP) is 9.66. The maximum absolute atomic E-state index is 11.8. The zero-order valence-corrected chi connectivity index (χ0v) is 24.8. The molecule has 0 spiro atoms. The molecule has 1 aromatic rings. The molecule has 3 N–H and O–H groups in total. The molecule has 1 rings (SSSR count). The Hall–Kier alpha value is -1.88. The van der Waals surface area contributed by atoms with Crippen molar-refractivity contribution in [3.05, 3.63) is 35.9 Å². The topological polar surface area (TPSA) is 94.8 Å². The molecule has 0 heterocycles. The molecular formula is C33H58O5. The molecule has 5 heteroatoms. The van der Waals surface area contributed by atoms with Crippen LogP contribution in [-0.4, -0.2) is 32.9 Å². The number of carboxylic acids is 2. The molecule has 0 fully saturated rings. The lowest BCUT2D eigenvalue weighted by Crippen LogP contribution is -2.45. The largest absolute Gasteiger partial charge is 0.479 e. The van der Waals surface area contributed by atoms with Gasteiger partial charge in [0.25, 0.3) is 0 Å². The van der Waals surface area contributed by atoms with E-state index in [1.807, 2.05) is 6.92 Å². The Kier molecular flexibility index (Phi) is 23.0. The molecule has 2 atom stereocenters. The van der Waals surface area contributed by atoms with Crippen LogP contribution in [0.3, 0.4) is 0 Å². The molecule has 5 nitrogen and oxygen atoms in total. The number of benzene rings is 1. The van der Waals surface area contributed by atoms with Crippen LogP contribution in [0.1, 0.15) is 160 Å². The SMILES string of the molecule is CCCCCCCCCCCCCCCC(CC)C(O)(CCCCCC)C(=O)O.O=C(O)c1ccccc1. The van der Waals surface area contributed by atoms with Crippen LogP contribution >= 0.6 is 0 Å². The lowest BCUT2D eigenvalue weighted by Gasteiger charge is -2.32. The first-order valence-corrected chi connectivity index (χ1v) is 15.6. The summed E-state index contributed by atoms with van der Waals surface area (Å²) in [6.45, 7) is 6.43. The Balaban J connectivity index is 0.00000127. The van der Waals surface area contributed by atoms with Gasteiger partial charge in [0.2, 0.25) is 0 Å². The Labute approximate surface area is 233 Å². The van der Waals surface area contributed by atoms with Crippen molar-refractivity contribution in [2.75, 3.05) is 0 Å². The van der Waals surface area contributed by atoms with Gasteiger partial charge in [0.1, 0.15) is 0 Å². The van der Waals surface area contributed by atoms with E-state index in [1.165, 1.54) is 77.0 Å². The minimum Gasteiger partial charge on any atom is -0.479 e. The van der Waals surface area contributed by atoms with Crippen molar-refractivity contribution < 1.29 is 24.9 Å². The smallest absolute Gasteiger partial charge is 0.335 e. The van der Waals surface area contributed by atoms with E-state index in [9.17, 15) is 19.8 Å². The summed E-state index contributed by atoms with van der Waals surface area (Å²) in [5, 5.41) is 28.9. The van der Waals surface area contributed by atoms with Crippen molar-refractivity contribution in [2.45, 2.75) is 155 Å². The monoisotopic (exact) mass is 534 g/mol. The maximum Gasteiger partial charge on any atom is 0.335 e. The van der Waals surface area contributed by atoms with Gasteiger partial charge in [0.15, 0.2) is 5.60 Å². The van der Waals surface area contributed by atoms with Crippen molar-refractivity contribution >= 4 is 11.9 Å². The van der Waals surface area contributed by atoms with Gasteiger partial charge in [-0.2, -0.15) is 0 Å². The summed E-state index contributed by atoms with van der Waals surface area (Å²) < 4.78 is 0. The number of aliphatic hydroxyl groups is 1. The van der Waals surface area contributed by atoms with E-state index >= 15 is 0 Å². The molecule has 0 aromatic heterocycles. The molecule has 0 saturated carbocycles. The van der Waals surface area contributed by atoms with Crippen molar-refractivity contribution in [2.24, 2.45) is 5.92 Å². The first kappa shape index (κ1) is 36.1. The molecule has 220 valence electrons. The van der Waals surface area contributed by atoms with Crippen molar-refractivity contribution in [3.8, 4) is 0 Å². The summed E-state index contributed by atoms with van der Waals surface area (Å²) in [5.74, 6) is -2.01. The quantitative estimate of drug-likeness (QED) is 0.121. The van der Waals surface area contributed by atoms with Crippen LogP contribution in [0, 0.1) is 5.92 Å². The van der Waals surface area contributed by atoms with Crippen LogP contribution in [0.2, 0.25) is 0 Å². The Morgan fingerprint density at radius 1 is 0.658 bits per heavy atom. The van der Waals surface area contributed by atoms with E-state index in [0.717, 1.165) is 44.9 Å². The third-order valence-electron chi connectivity index (χ3n) is 7.63. The summed E-state index contributed by atoms with van der Waals surface area (Å²) in [6.07, 6.45) is 23.2. The van der Waals surface area contributed by atoms with Crippen LogP contribution in [0.25, 0.3) is 0 Å². The standard InChI is InChI=1S/C26H52O3.C7H6O2/c1-4-7-9-11-12-13-14-15-16-17-18-19-20-22-24(6-3)26(29,25(27)28)23-21-10-8-5-2;8-7(9)6-4-2-1-3-5-6/h24,29H,4-23H2,1-3H3,(H,27,28);1-5H,(H,8,9). The lowest BCUT2D eigenvalue weighted by molar-refractivity contribution is -0.167. The predicted molar refractivity (Wildman–Crippen MR) is 159 cm³/mol. The number of carboxylic acid groups (broad SMARTS) is 2. The first-order valence-electron chi connectivity index (χ1n) is 15.6. The number of carbonyl (C=O) groups is 2. The van der Waals surface area contributed by atoms with E-state index in [1.54, 1.807) is 30.3 Å². The Bertz CT molecular complexity index is 690. The van der Waals surface area contributed by atoms with Crippen LogP contribution in [-0.2, 0) is 4.79 Å². The zero-order chi connectivity index (χ0) is 28.5. The van der Waals surface area contributed by atoms with Gasteiger partial charge in [-0.25, -0.2) is 9.59 Å². The van der Waals surface area contributed by atoms with E-state index in [0.29, 0.717) is 12.0 Å². The average Bonchev–Trinajstić information content (AvgIpc) is 2.92. The molecule has 0 bridgehead atoms. The molecule has 0 radical (unpaired) electrons. The summed E-state index contributed by atoms with van der Waals surface area (Å²) in [4.78, 5) is 22.0. The Morgan fingerprint density at radius 2 is 1.08 bits per heavy atom. The third kappa shape index (κ3) is 17.6. The number of rotatable bonds is 23. The second kappa shape index (κ2) is 24.2. The molecule has 0 aliphatic rings. The van der Waals surface area contributed by atoms with Crippen molar-refractivity contribution in [3.63, 3.8) is 0 Å². The van der Waals surface area contributed by atoms with Crippen LogP contribution in [0.4, 0.5) is 0 Å². The molecule has 38 heavy (non-hydrogen) atoms. The first-order chi connectivity index (χ1) is 18.3. The second-order valence-corrected chi connectivity index (χ2v) is 10.8. The fraction of sp³-hybridized carbons (Fsp3) is 0.758. The van der Waals surface area contributed by atoms with Gasteiger partial charge in [-0.15, -0.1) is 0 Å². The van der Waals surface area contributed by atoms with Gasteiger partial charge in [0.05, 0.1) is 5.56 Å². The molecule has 0 aliphatic heterocycles. The molecule has 2 unspecified atom stereocenters. The van der Waals surface area contributed by atoms with Gasteiger partial charge >= 0.3 is 11.9 Å². The third-order valence-corrected chi connectivity index (χ3v) is 7.63. The molecule has 0 amide bonds. The van der Waals surface area contributed by atoms with Gasteiger partial charge in [-0.05, 0) is 43.7 Å². The highest BCUT2D eigenvalue weighted by Crippen LogP contribution is 2.32. The molecular weight excluding hydrogens is 476 g/mol. The number of aliphatic carboxylic acids is 1. The van der Waals surface area contributed by atoms with Crippen LogP contribution in [0.15, 0.2) is 30.3 Å². The highest BCUT2D eigenvalue weighted by molar-refractivity contribution is 5.87. The Morgan fingerprint density at radius 3 is 1.45 bits per heavy atom. The number of hydrogen-bond donors (Lipinski definition) is 3. The van der Waals surface area contributed by atoms with E-state index in [2.05, 4.69) is 13.8 Å².